The zero-order chi connectivity index (χ0) is 14.6. The third-order valence-corrected chi connectivity index (χ3v) is 3.72. The molecule has 1 aliphatic carbocycles. The van der Waals surface area contributed by atoms with Gasteiger partial charge in [0.1, 0.15) is 5.41 Å². The lowest BCUT2D eigenvalue weighted by atomic mass is 9.72. The number of carbonyl (C=O) groups excluding carboxylic acids is 1. The normalized spacial score (nSPS) is 18.8. The maximum Gasteiger partial charge on any atom is 0.234 e. The van der Waals surface area contributed by atoms with E-state index in [1.807, 2.05) is 0 Å². The second kappa shape index (κ2) is 5.89. The summed E-state index contributed by atoms with van der Waals surface area (Å²) in [5.41, 5.74) is 4.82. The van der Waals surface area contributed by atoms with Crippen LogP contribution in [0.3, 0.4) is 0 Å². The van der Waals surface area contributed by atoms with Gasteiger partial charge in [-0.05, 0) is 12.8 Å². The second-order valence-corrected chi connectivity index (χ2v) is 5.04. The molecule has 110 valence electrons. The third kappa shape index (κ3) is 2.73. The molecule has 8 nitrogen and oxygen atoms in total. The van der Waals surface area contributed by atoms with E-state index in [4.69, 9.17) is 15.5 Å². The van der Waals surface area contributed by atoms with Crippen LogP contribution < -0.4 is 11.1 Å². The minimum Gasteiger partial charge on any atom is -0.409 e. The van der Waals surface area contributed by atoms with Crippen LogP contribution in [0.2, 0.25) is 0 Å². The molecule has 8 heteroatoms. The first-order valence-corrected chi connectivity index (χ1v) is 6.64. The fourth-order valence-electron chi connectivity index (χ4n) is 2.59. The maximum atomic E-state index is 12.4. The summed E-state index contributed by atoms with van der Waals surface area (Å²) in [5.74, 6) is 0.563. The second-order valence-electron chi connectivity index (χ2n) is 5.04. The minimum absolute atomic E-state index is 0.0287. The fourth-order valence-corrected chi connectivity index (χ4v) is 2.59. The largest absolute Gasteiger partial charge is 0.409 e. The molecule has 20 heavy (non-hydrogen) atoms. The number of amidine groups is 1. The van der Waals surface area contributed by atoms with Crippen molar-refractivity contribution in [3.05, 3.63) is 11.7 Å². The monoisotopic (exact) mass is 281 g/mol. The lowest BCUT2D eigenvalue weighted by molar-refractivity contribution is -0.129. The van der Waals surface area contributed by atoms with Gasteiger partial charge in [-0.25, -0.2) is 0 Å². The number of aromatic nitrogens is 2. The zero-order valence-corrected chi connectivity index (χ0v) is 11.4. The molecule has 4 N–H and O–H groups in total. The van der Waals surface area contributed by atoms with E-state index in [1.165, 1.54) is 0 Å². The van der Waals surface area contributed by atoms with Crippen molar-refractivity contribution in [3.63, 3.8) is 0 Å². The van der Waals surface area contributed by atoms with E-state index in [9.17, 15) is 4.79 Å². The standard InChI is InChI=1S/C12H19N5O3/c1-8-15-9(17-20-8)7-14-11(18)12(10(13)16-19)5-3-2-4-6-12/h19H,2-7H2,1H3,(H2,13,16)(H,14,18). The smallest absolute Gasteiger partial charge is 0.234 e. The van der Waals surface area contributed by atoms with Crippen molar-refractivity contribution >= 4 is 11.7 Å². The van der Waals surface area contributed by atoms with Crippen LogP contribution in [0.1, 0.15) is 43.8 Å². The molecule has 1 heterocycles. The molecule has 0 aromatic carbocycles. The lowest BCUT2D eigenvalue weighted by Crippen LogP contribution is -2.50. The highest BCUT2D eigenvalue weighted by atomic mass is 16.5. The van der Waals surface area contributed by atoms with Crippen LogP contribution >= 0.6 is 0 Å². The molecule has 0 aliphatic heterocycles. The van der Waals surface area contributed by atoms with E-state index in [1.54, 1.807) is 6.92 Å². The van der Waals surface area contributed by atoms with Crippen LogP contribution in [0.25, 0.3) is 0 Å². The van der Waals surface area contributed by atoms with Crippen LogP contribution in [0.4, 0.5) is 0 Å². The Bertz CT molecular complexity index is 505. The number of oxime groups is 1. The van der Waals surface area contributed by atoms with Crippen molar-refractivity contribution < 1.29 is 14.5 Å². The Morgan fingerprint density at radius 2 is 2.20 bits per heavy atom. The SMILES string of the molecule is Cc1nc(CNC(=O)C2(C(N)=NO)CCCCC2)no1. The van der Waals surface area contributed by atoms with Gasteiger partial charge in [-0.15, -0.1) is 0 Å². The Labute approximate surface area is 116 Å². The van der Waals surface area contributed by atoms with Gasteiger partial charge in [-0.3, -0.25) is 4.79 Å². The summed E-state index contributed by atoms with van der Waals surface area (Å²) in [4.78, 5) is 16.4. The van der Waals surface area contributed by atoms with E-state index < -0.39 is 5.41 Å². The Hall–Kier alpha value is -2.12. The van der Waals surface area contributed by atoms with E-state index in [0.717, 1.165) is 19.3 Å². The van der Waals surface area contributed by atoms with Crippen LogP contribution in [-0.4, -0.2) is 27.1 Å². The number of aryl methyl sites for hydroxylation is 1. The number of rotatable bonds is 4. The molecule has 1 saturated carbocycles. The molecule has 0 radical (unpaired) electrons. The van der Waals surface area contributed by atoms with E-state index in [2.05, 4.69) is 20.6 Å². The first kappa shape index (κ1) is 14.3. The highest BCUT2D eigenvalue weighted by molar-refractivity contribution is 6.06. The predicted molar refractivity (Wildman–Crippen MR) is 69.8 cm³/mol. The Kier molecular flexibility index (Phi) is 4.21. The number of hydrogen-bond acceptors (Lipinski definition) is 6. The number of nitrogens with one attached hydrogen (secondary N) is 1. The summed E-state index contributed by atoms with van der Waals surface area (Å²) < 4.78 is 4.84. The summed E-state index contributed by atoms with van der Waals surface area (Å²) in [6.07, 6.45) is 3.98. The van der Waals surface area contributed by atoms with Crippen molar-refractivity contribution in [2.75, 3.05) is 0 Å². The topological polar surface area (TPSA) is 127 Å². The number of carbonyl (C=O) groups is 1. The number of amides is 1. The third-order valence-electron chi connectivity index (χ3n) is 3.72. The minimum atomic E-state index is -0.925. The van der Waals surface area contributed by atoms with Crippen molar-refractivity contribution in [2.45, 2.75) is 45.6 Å². The molecule has 0 bridgehead atoms. The van der Waals surface area contributed by atoms with Gasteiger partial charge in [0.25, 0.3) is 0 Å². The first-order chi connectivity index (χ1) is 9.58. The van der Waals surface area contributed by atoms with Crippen LogP contribution in [0.5, 0.6) is 0 Å². The first-order valence-electron chi connectivity index (χ1n) is 6.64. The van der Waals surface area contributed by atoms with Crippen LogP contribution in [0.15, 0.2) is 9.68 Å². The maximum absolute atomic E-state index is 12.4. The Balaban J connectivity index is 2.07. The molecule has 0 saturated heterocycles. The van der Waals surface area contributed by atoms with Gasteiger partial charge in [0.15, 0.2) is 11.7 Å². The summed E-state index contributed by atoms with van der Waals surface area (Å²) in [6.45, 7) is 1.84. The molecule has 0 atom stereocenters. The summed E-state index contributed by atoms with van der Waals surface area (Å²) in [7, 11) is 0. The molecular weight excluding hydrogens is 262 g/mol. The highest BCUT2D eigenvalue weighted by Crippen LogP contribution is 2.36. The average molecular weight is 281 g/mol. The summed E-state index contributed by atoms with van der Waals surface area (Å²) >= 11 is 0. The van der Waals surface area contributed by atoms with Crippen molar-refractivity contribution in [2.24, 2.45) is 16.3 Å². The molecular formula is C12H19N5O3. The highest BCUT2D eigenvalue weighted by Gasteiger charge is 2.43. The number of nitrogens with two attached hydrogens (primary N) is 1. The molecule has 1 aromatic rings. The number of hydrogen-bond donors (Lipinski definition) is 3. The van der Waals surface area contributed by atoms with Crippen molar-refractivity contribution in [1.82, 2.24) is 15.5 Å². The quantitative estimate of drug-likeness (QED) is 0.322. The molecule has 0 unspecified atom stereocenters. The fraction of sp³-hybridized carbons (Fsp3) is 0.667. The van der Waals surface area contributed by atoms with E-state index in [-0.39, 0.29) is 18.3 Å². The van der Waals surface area contributed by atoms with Crippen LogP contribution in [-0.2, 0) is 11.3 Å². The molecule has 1 fully saturated rings. The molecule has 1 amide bonds. The van der Waals surface area contributed by atoms with Gasteiger partial charge in [-0.2, -0.15) is 4.98 Å². The van der Waals surface area contributed by atoms with Gasteiger partial charge >= 0.3 is 0 Å². The van der Waals surface area contributed by atoms with Gasteiger partial charge in [-0.1, -0.05) is 29.6 Å². The summed E-state index contributed by atoms with van der Waals surface area (Å²) in [6, 6.07) is 0. The van der Waals surface area contributed by atoms with Gasteiger partial charge in [0.2, 0.25) is 11.8 Å². The molecule has 1 aliphatic rings. The number of nitrogens with zero attached hydrogens (tertiary/aromatic N) is 3. The summed E-state index contributed by atoms with van der Waals surface area (Å²) in [5, 5.41) is 18.4. The molecule has 2 rings (SSSR count). The van der Waals surface area contributed by atoms with Gasteiger partial charge in [0, 0.05) is 6.92 Å². The van der Waals surface area contributed by atoms with Gasteiger partial charge < -0.3 is 20.8 Å². The van der Waals surface area contributed by atoms with Gasteiger partial charge in [0.05, 0.1) is 6.54 Å². The average Bonchev–Trinajstić information content (AvgIpc) is 2.90. The van der Waals surface area contributed by atoms with Crippen molar-refractivity contribution in [1.29, 1.82) is 0 Å². The predicted octanol–water partition coefficient (Wildman–Crippen LogP) is 0.691. The Morgan fingerprint density at radius 3 is 2.75 bits per heavy atom. The van der Waals surface area contributed by atoms with Crippen LogP contribution in [0, 0.1) is 12.3 Å². The Morgan fingerprint density at radius 1 is 1.50 bits per heavy atom. The van der Waals surface area contributed by atoms with E-state index in [0.29, 0.717) is 24.6 Å². The van der Waals surface area contributed by atoms with E-state index >= 15 is 0 Å². The molecule has 0 spiro atoms. The zero-order valence-electron chi connectivity index (χ0n) is 11.4. The molecule has 1 aromatic heterocycles. The van der Waals surface area contributed by atoms with Crippen molar-refractivity contribution in [3.8, 4) is 0 Å². The lowest BCUT2D eigenvalue weighted by Gasteiger charge is -2.34.